The molecule has 0 aromatic rings. The highest BCUT2D eigenvalue weighted by atomic mass is 16.4. The maximum atomic E-state index is 11.0. The lowest BCUT2D eigenvalue weighted by Crippen LogP contribution is -2.20. The van der Waals surface area contributed by atoms with E-state index in [2.05, 4.69) is 0 Å². The predicted octanol–water partition coefficient (Wildman–Crippen LogP) is 4.46. The summed E-state index contributed by atoms with van der Waals surface area (Å²) in [6.07, 6.45) is 1.83. The van der Waals surface area contributed by atoms with E-state index < -0.39 is 5.97 Å². The summed E-state index contributed by atoms with van der Waals surface area (Å²) in [5, 5.41) is 17.8. The van der Waals surface area contributed by atoms with E-state index in [1.807, 2.05) is 59.8 Å². The Kier molecular flexibility index (Phi) is 4.33. The largest absolute Gasteiger partial charge is 0.507 e. The lowest BCUT2D eigenvalue weighted by molar-refractivity contribution is -0.133. The van der Waals surface area contributed by atoms with Crippen LogP contribution in [0.3, 0.4) is 0 Å². The smallest absolute Gasteiger partial charge is 0.331 e. The summed E-state index contributed by atoms with van der Waals surface area (Å²) in [4.78, 5) is 11.0. The number of phenols is 1. The van der Waals surface area contributed by atoms with Crippen LogP contribution in [0.2, 0.25) is 0 Å². The fourth-order valence-electron chi connectivity index (χ4n) is 1.77. The number of hydrogen-bond acceptors (Lipinski definition) is 2. The summed E-state index contributed by atoms with van der Waals surface area (Å²) in [5.74, 6) is -0.391. The number of benzene rings is 1. The van der Waals surface area contributed by atoms with Crippen LogP contribution in [0.5, 0.6) is 5.75 Å². The molecule has 0 spiro atoms. The van der Waals surface area contributed by atoms with E-state index in [9.17, 15) is 4.79 Å². The molecule has 3 nitrogen and oxygen atoms in total. The van der Waals surface area contributed by atoms with Gasteiger partial charge in [-0.3, -0.25) is 0 Å². The molecule has 0 bridgehead atoms. The molecular weight excluding hydrogens is 252 g/mol. The van der Waals surface area contributed by atoms with Gasteiger partial charge in [0.05, 0.1) is 0 Å². The number of carboxylic acids is 1. The Hall–Kier alpha value is -1.77. The van der Waals surface area contributed by atoms with E-state index in [1.165, 1.54) is 5.56 Å². The van der Waals surface area contributed by atoms with Crippen molar-refractivity contribution >= 4 is 5.97 Å². The minimum Gasteiger partial charge on any atom is -0.507 e. The number of aromatic hydroxyl groups is 1. The van der Waals surface area contributed by atoms with Crippen LogP contribution in [0, 0.1) is 10.8 Å². The molecule has 0 radical (unpaired) electrons. The normalized spacial score (nSPS) is 13.4. The highest BCUT2D eigenvalue weighted by Gasteiger charge is 2.25. The Morgan fingerprint density at radius 1 is 1.10 bits per heavy atom. The van der Waals surface area contributed by atoms with Crippen molar-refractivity contribution in [1.82, 2.24) is 0 Å². The summed E-state index contributed by atoms with van der Waals surface area (Å²) in [7, 11) is 0. The quantitative estimate of drug-likeness (QED) is 0.756. The molecule has 2 rings (SSSR count). The molecule has 0 unspecified atom stereocenters. The highest BCUT2D eigenvalue weighted by Crippen LogP contribution is 2.42. The molecule has 2 aliphatic rings. The zero-order valence-electron chi connectivity index (χ0n) is 13.1. The molecular formula is C17H24O3. The van der Waals surface area contributed by atoms with Gasteiger partial charge in [-0.25, -0.2) is 4.79 Å². The summed E-state index contributed by atoms with van der Waals surface area (Å²) in [5.41, 5.74) is 2.33. The number of carbonyl (C=O) groups is 1. The average Bonchev–Trinajstić information content (AvgIpc) is 2.93. The molecule has 0 heterocycles. The van der Waals surface area contributed by atoms with Crippen molar-refractivity contribution in [2.75, 3.05) is 0 Å². The first-order chi connectivity index (χ1) is 8.92. The van der Waals surface area contributed by atoms with Crippen LogP contribution in [-0.4, -0.2) is 16.2 Å². The summed E-state index contributed by atoms with van der Waals surface area (Å²) in [6.45, 7) is 11.8. The Balaban J connectivity index is 0.000000233. The van der Waals surface area contributed by atoms with Crippen molar-refractivity contribution in [3.63, 3.8) is 0 Å². The minimum atomic E-state index is -0.817. The molecule has 0 aliphatic heterocycles. The van der Waals surface area contributed by atoms with Gasteiger partial charge in [-0.1, -0.05) is 53.7 Å². The third kappa shape index (κ3) is 4.72. The second kappa shape index (κ2) is 5.31. The van der Waals surface area contributed by atoms with E-state index in [0.29, 0.717) is 11.3 Å². The van der Waals surface area contributed by atoms with Crippen molar-refractivity contribution in [2.45, 2.75) is 41.5 Å². The minimum absolute atomic E-state index is 0.0823. The Morgan fingerprint density at radius 2 is 1.65 bits per heavy atom. The van der Waals surface area contributed by atoms with Crippen LogP contribution < -0.4 is 0 Å². The highest BCUT2D eigenvalue weighted by molar-refractivity contribution is 5.88. The zero-order chi connectivity index (χ0) is 15.7. The van der Waals surface area contributed by atoms with Crippen LogP contribution in [0.4, 0.5) is 0 Å². The maximum absolute atomic E-state index is 11.0. The predicted molar refractivity (Wildman–Crippen MR) is 81.7 cm³/mol. The van der Waals surface area contributed by atoms with E-state index in [0.717, 1.165) is 5.56 Å². The van der Waals surface area contributed by atoms with Crippen LogP contribution in [0.15, 0.2) is 29.8 Å². The maximum Gasteiger partial charge on any atom is 0.331 e. The van der Waals surface area contributed by atoms with Crippen molar-refractivity contribution in [2.24, 2.45) is 10.8 Å². The summed E-state index contributed by atoms with van der Waals surface area (Å²) < 4.78 is 0. The first-order valence-corrected chi connectivity index (χ1v) is 6.72. The van der Waals surface area contributed by atoms with E-state index in [-0.39, 0.29) is 10.8 Å². The number of aliphatic carboxylic acids is 1. The molecule has 0 amide bonds. The SMILES string of the molecule is CC(C)(C)C=C(C(=O)O)C(C)(C)C.Oc1ccc2cc1-2. The fourth-order valence-corrected chi connectivity index (χ4v) is 1.77. The van der Waals surface area contributed by atoms with E-state index in [4.69, 9.17) is 10.2 Å². The zero-order valence-corrected chi connectivity index (χ0v) is 13.1. The molecule has 2 aliphatic carbocycles. The number of rotatable bonds is 1. The van der Waals surface area contributed by atoms with Gasteiger partial charge in [0.15, 0.2) is 0 Å². The fraction of sp³-hybridized carbons (Fsp3) is 0.471. The van der Waals surface area contributed by atoms with Crippen molar-refractivity contribution in [1.29, 1.82) is 0 Å². The first-order valence-electron chi connectivity index (χ1n) is 6.72. The molecule has 3 heteroatoms. The monoisotopic (exact) mass is 276 g/mol. The number of hydrogen-bond donors (Lipinski definition) is 2. The second-order valence-electron chi connectivity index (χ2n) is 7.21. The van der Waals surface area contributed by atoms with Crippen LogP contribution >= 0.6 is 0 Å². The van der Waals surface area contributed by atoms with Crippen LogP contribution in [-0.2, 0) is 4.79 Å². The Bertz CT molecular complexity index is 540. The van der Waals surface area contributed by atoms with Gasteiger partial charge in [0.1, 0.15) is 5.75 Å². The van der Waals surface area contributed by atoms with Crippen LogP contribution in [0.1, 0.15) is 41.5 Å². The lowest BCUT2D eigenvalue weighted by atomic mass is 9.81. The third-order valence-corrected chi connectivity index (χ3v) is 2.84. The molecule has 0 saturated carbocycles. The van der Waals surface area contributed by atoms with Gasteiger partial charge in [-0.05, 0) is 28.5 Å². The molecule has 0 atom stereocenters. The van der Waals surface area contributed by atoms with Gasteiger partial charge in [-0.2, -0.15) is 0 Å². The van der Waals surface area contributed by atoms with Gasteiger partial charge >= 0.3 is 5.97 Å². The topological polar surface area (TPSA) is 57.5 Å². The molecule has 0 fully saturated rings. The molecule has 0 aromatic heterocycles. The van der Waals surface area contributed by atoms with Crippen molar-refractivity contribution < 1.29 is 15.0 Å². The average molecular weight is 276 g/mol. The third-order valence-electron chi connectivity index (χ3n) is 2.84. The molecule has 20 heavy (non-hydrogen) atoms. The number of carboxylic acid groups (broad SMARTS) is 1. The summed E-state index contributed by atoms with van der Waals surface area (Å²) in [6, 6.07) is 5.57. The molecule has 0 aromatic carbocycles. The van der Waals surface area contributed by atoms with E-state index in [1.54, 1.807) is 6.07 Å². The van der Waals surface area contributed by atoms with Crippen LogP contribution in [0.25, 0.3) is 11.1 Å². The molecule has 2 N–H and O–H groups in total. The van der Waals surface area contributed by atoms with Gasteiger partial charge in [0, 0.05) is 11.1 Å². The van der Waals surface area contributed by atoms with E-state index >= 15 is 0 Å². The lowest BCUT2D eigenvalue weighted by Gasteiger charge is -2.23. The first kappa shape index (κ1) is 16.3. The Labute approximate surface area is 121 Å². The van der Waals surface area contributed by atoms with Crippen molar-refractivity contribution in [3.05, 3.63) is 29.8 Å². The van der Waals surface area contributed by atoms with Crippen molar-refractivity contribution in [3.8, 4) is 16.9 Å². The number of phenolic OH excluding ortho intramolecular Hbond substituents is 1. The van der Waals surface area contributed by atoms with Gasteiger partial charge in [0.25, 0.3) is 0 Å². The van der Waals surface area contributed by atoms with Gasteiger partial charge in [0.2, 0.25) is 0 Å². The molecule has 0 saturated heterocycles. The van der Waals surface area contributed by atoms with Gasteiger partial charge in [-0.15, -0.1) is 0 Å². The molecule has 110 valence electrons. The van der Waals surface area contributed by atoms with Gasteiger partial charge < -0.3 is 10.2 Å². The Morgan fingerprint density at radius 3 is 1.75 bits per heavy atom. The number of allylic oxidation sites excluding steroid dienone is 1. The summed E-state index contributed by atoms with van der Waals surface area (Å²) >= 11 is 0. The number of fused-ring (bicyclic) bond motifs is 1. The standard InChI is InChI=1S/C11H20O2.C6H4O/c1-10(2,3)7-8(9(12)13)11(4,5)6;7-6-2-1-4-3-5(4)6/h7H,1-6H3,(H,12,13);1-3,7H. The second-order valence-corrected chi connectivity index (χ2v) is 7.21.